The first-order valence-electron chi connectivity index (χ1n) is 32.0. The molecule has 9 rings (SSSR count). The van der Waals surface area contributed by atoms with E-state index in [0.717, 1.165) is 65.1 Å². The van der Waals surface area contributed by atoms with Gasteiger partial charge in [0.15, 0.2) is 0 Å². The van der Waals surface area contributed by atoms with E-state index in [1.807, 2.05) is 86.6 Å². The lowest BCUT2D eigenvalue weighted by atomic mass is 9.76. The third-order valence-corrected chi connectivity index (χ3v) is 15.6. The molecular weight excluding hydrogens is 1330 g/mol. The van der Waals surface area contributed by atoms with Crippen molar-refractivity contribution < 1.29 is 73.8 Å². The van der Waals surface area contributed by atoms with Crippen LogP contribution < -0.4 is 36.5 Å². The molecule has 4 N–H and O–H groups in total. The number of benzene rings is 2. The fourth-order valence-electron chi connectivity index (χ4n) is 9.63. The average molecular weight is 1410 g/mol. The maximum absolute atomic E-state index is 13.1. The van der Waals surface area contributed by atoms with Gasteiger partial charge in [-0.15, -0.1) is 0 Å². The van der Waals surface area contributed by atoms with E-state index in [0.29, 0.717) is 79.2 Å². The van der Waals surface area contributed by atoms with Crippen molar-refractivity contribution >= 4 is 71.2 Å². The number of aryl methyl sites for hydroxylation is 2. The molecule has 3 fully saturated rings. The summed E-state index contributed by atoms with van der Waals surface area (Å²) in [6.07, 6.45) is -8.48. The average Bonchev–Trinajstić information content (AvgIpc) is 1.60. The fourth-order valence-corrected chi connectivity index (χ4v) is 9.83. The van der Waals surface area contributed by atoms with Crippen LogP contribution in [-0.4, -0.2) is 137 Å². The minimum Gasteiger partial charge on any atom is -0.444 e. The number of anilines is 4. The molecule has 4 aromatic heterocycles. The fraction of sp³-hybridized carbons (Fsp3) is 0.444. The number of alkyl carbamates (subject to hydrolysis) is 2. The van der Waals surface area contributed by atoms with E-state index in [9.17, 15) is 45.5 Å². The quantitative estimate of drug-likeness (QED) is 0.0568. The monoisotopic (exact) mass is 1410 g/mol. The molecule has 0 saturated carbocycles. The molecule has 0 unspecified atom stereocenters. The topological polar surface area (TPSA) is 230 Å². The number of carbonyl (C=O) groups is 4. The zero-order valence-corrected chi connectivity index (χ0v) is 59.6. The summed E-state index contributed by atoms with van der Waals surface area (Å²) in [4.78, 5) is 69.8. The Hall–Kier alpha value is -8.99. The van der Waals surface area contributed by atoms with Crippen LogP contribution in [0.3, 0.4) is 0 Å². The van der Waals surface area contributed by atoms with E-state index in [1.165, 1.54) is 12.1 Å². The lowest BCUT2D eigenvalue weighted by Gasteiger charge is -2.32. The zero-order chi connectivity index (χ0) is 74.0. The minimum atomic E-state index is -4.67. The van der Waals surface area contributed by atoms with Gasteiger partial charge in [0.1, 0.15) is 45.6 Å². The number of ether oxygens (including phenoxy) is 4. The highest BCUT2D eigenvalue weighted by atomic mass is 35.5. The SMILES string of the molecule is CC(C)(C#Cc1cc(Cl)cc(N2CCOCC2)n1)NC(=O)OC(C)(C)C.Cc1ccc(NC(=O)c2ccnc(C(F)(F)F)c2)cc1-c1cc(C#CC(C)(C)NC(=O)OC(C)(C)C)nc(N2CCOCC2)c1.Cc1ccc(NC(=O)c2ccnc(C(F)(F)F)c2)cc1B1OC(C)(C)C(C)(C)O1. The second kappa shape index (κ2) is 31.7. The number of hydrogen-bond acceptors (Lipinski definition) is 16. The Bertz CT molecular complexity index is 4070. The Labute approximate surface area is 584 Å². The van der Waals surface area contributed by atoms with Crippen LogP contribution in [0.4, 0.5) is 58.9 Å². The number of carbonyl (C=O) groups excluding carboxylic acids is 4. The van der Waals surface area contributed by atoms with Crippen LogP contribution in [0.1, 0.15) is 152 Å². The first kappa shape index (κ1) is 78.4. The second-order valence-corrected chi connectivity index (χ2v) is 28.2. The van der Waals surface area contributed by atoms with Crippen molar-refractivity contribution in [3.8, 4) is 34.8 Å². The van der Waals surface area contributed by atoms with E-state index in [1.54, 1.807) is 84.9 Å². The number of pyridine rings is 4. The maximum Gasteiger partial charge on any atom is 0.495 e. The summed E-state index contributed by atoms with van der Waals surface area (Å²) in [6.45, 7) is 34.7. The van der Waals surface area contributed by atoms with E-state index in [4.69, 9.17) is 44.8 Å². The molecule has 0 bridgehead atoms. The number of amides is 4. The van der Waals surface area contributed by atoms with Crippen LogP contribution in [0.15, 0.2) is 97.3 Å². The van der Waals surface area contributed by atoms with Gasteiger partial charge in [0.05, 0.1) is 48.7 Å². The molecule has 2 aromatic carbocycles. The van der Waals surface area contributed by atoms with Crippen molar-refractivity contribution in [3.05, 3.63) is 147 Å². The predicted molar refractivity (Wildman–Crippen MR) is 372 cm³/mol. The molecule has 3 saturated heterocycles. The molecule has 534 valence electrons. The van der Waals surface area contributed by atoms with Gasteiger partial charge in [-0.05, 0) is 218 Å². The maximum atomic E-state index is 13.1. The Morgan fingerprint density at radius 1 is 0.550 bits per heavy atom. The van der Waals surface area contributed by atoms with Crippen LogP contribution in [0.5, 0.6) is 0 Å². The van der Waals surface area contributed by atoms with Gasteiger partial charge in [0.2, 0.25) is 0 Å². The number of rotatable bonds is 10. The highest BCUT2D eigenvalue weighted by molar-refractivity contribution is 6.62. The first-order chi connectivity index (χ1) is 46.3. The zero-order valence-electron chi connectivity index (χ0n) is 58.9. The van der Waals surface area contributed by atoms with Gasteiger partial charge in [-0.25, -0.2) is 19.6 Å². The summed E-state index contributed by atoms with van der Waals surface area (Å²) in [6, 6.07) is 21.6. The highest BCUT2D eigenvalue weighted by Crippen LogP contribution is 2.38. The summed E-state index contributed by atoms with van der Waals surface area (Å²) >= 11 is 6.22. The summed E-state index contributed by atoms with van der Waals surface area (Å²) < 4.78 is 112. The van der Waals surface area contributed by atoms with Crippen LogP contribution >= 0.6 is 11.6 Å². The first-order valence-corrected chi connectivity index (χ1v) is 32.4. The minimum absolute atomic E-state index is 0.134. The van der Waals surface area contributed by atoms with Gasteiger partial charge >= 0.3 is 31.7 Å². The van der Waals surface area contributed by atoms with Crippen LogP contribution in [-0.2, 0) is 40.6 Å². The molecule has 7 heterocycles. The molecule has 0 aliphatic carbocycles. The van der Waals surface area contributed by atoms with E-state index < -0.39 is 88.3 Å². The molecule has 28 heteroatoms. The molecular formula is C72H84BClF6N10O10. The van der Waals surface area contributed by atoms with E-state index >= 15 is 0 Å². The lowest BCUT2D eigenvalue weighted by Crippen LogP contribution is -2.44. The molecule has 0 radical (unpaired) electrons. The number of morpholine rings is 2. The Morgan fingerprint density at radius 3 is 1.39 bits per heavy atom. The largest absolute Gasteiger partial charge is 0.495 e. The molecule has 0 atom stereocenters. The molecule has 3 aliphatic rings. The molecule has 3 aliphatic heterocycles. The van der Waals surface area contributed by atoms with Gasteiger partial charge < -0.3 is 59.3 Å². The third kappa shape index (κ3) is 23.3. The molecule has 20 nitrogen and oxygen atoms in total. The summed E-state index contributed by atoms with van der Waals surface area (Å²) in [5.74, 6) is 12.3. The number of hydrogen-bond donors (Lipinski definition) is 4. The van der Waals surface area contributed by atoms with E-state index in [2.05, 4.69) is 69.7 Å². The smallest absolute Gasteiger partial charge is 0.444 e. The van der Waals surface area contributed by atoms with Crippen molar-refractivity contribution in [3.63, 3.8) is 0 Å². The van der Waals surface area contributed by atoms with Gasteiger partial charge in [-0.3, -0.25) is 19.6 Å². The summed E-state index contributed by atoms with van der Waals surface area (Å²) in [5.41, 5.74) is -0.624. The van der Waals surface area contributed by atoms with Crippen LogP contribution in [0, 0.1) is 37.5 Å². The van der Waals surface area contributed by atoms with Gasteiger partial charge in [0.25, 0.3) is 11.8 Å². The van der Waals surface area contributed by atoms with Crippen molar-refractivity contribution in [2.45, 2.75) is 157 Å². The number of halogens is 7. The second-order valence-electron chi connectivity index (χ2n) is 27.8. The van der Waals surface area contributed by atoms with Gasteiger partial charge in [-0.2, -0.15) is 26.3 Å². The van der Waals surface area contributed by atoms with Crippen molar-refractivity contribution in [1.82, 2.24) is 30.6 Å². The van der Waals surface area contributed by atoms with Crippen LogP contribution in [0.2, 0.25) is 5.02 Å². The highest BCUT2D eigenvalue weighted by Gasteiger charge is 2.52. The number of nitrogens with zero attached hydrogens (tertiary/aromatic N) is 6. The lowest BCUT2D eigenvalue weighted by molar-refractivity contribution is -0.142. The number of alkyl halides is 6. The molecule has 4 amide bonds. The summed E-state index contributed by atoms with van der Waals surface area (Å²) in [5, 5.41) is 11.4. The Kier molecular flexibility index (Phi) is 24.8. The summed E-state index contributed by atoms with van der Waals surface area (Å²) in [7, 11) is -0.616. The van der Waals surface area contributed by atoms with Crippen molar-refractivity contribution in [2.75, 3.05) is 73.0 Å². The molecule has 0 spiro atoms. The Morgan fingerprint density at radius 2 is 0.960 bits per heavy atom. The van der Waals surface area contributed by atoms with Crippen molar-refractivity contribution in [2.24, 2.45) is 0 Å². The standard InChI is InChI=1S/C33H36F3N5O4.C20H22BF3N2O3.C19H26ClN3O3/c1-21-7-8-24(39-29(42)22-10-12-37-27(18-22)33(34,35)36)20-26(21)23-17-25(38-28(19-23)41-13-15-44-16-14-41)9-11-32(5,6)40-30(43)45-31(2,3)4;1-12-6-7-14(11-15(12)21-28-18(2,3)19(4,5)29-21)26-17(27)13-8-9-25-16(10-13)20(22,23)24;1-18(2,3)26-17(24)22-19(4,5)7-6-15-12-14(20)13-16(21-15)23-8-10-25-11-9-23/h7-8,10,12,17-20H,13-16H2,1-6H3,(H,39,42)(H,40,43);6-11H,1-5H3,(H,26,27);12-13H,8-11H2,1-5H3,(H,22,24). The Balaban J connectivity index is 0.000000222. The normalized spacial score (nSPS) is 15.4. The third-order valence-electron chi connectivity index (χ3n) is 15.4. The number of aromatic nitrogens is 4. The van der Waals surface area contributed by atoms with E-state index in [-0.39, 0.29) is 11.1 Å². The molecule has 6 aromatic rings. The van der Waals surface area contributed by atoms with Gasteiger partial charge in [-0.1, -0.05) is 41.1 Å². The number of nitrogens with one attached hydrogen (secondary N) is 4. The van der Waals surface area contributed by atoms with Crippen LogP contribution in [0.25, 0.3) is 11.1 Å². The van der Waals surface area contributed by atoms with Crippen molar-refractivity contribution in [1.29, 1.82) is 0 Å². The van der Waals surface area contributed by atoms with Gasteiger partial charge in [0, 0.05) is 66.1 Å². The molecule has 100 heavy (non-hydrogen) atoms. The predicted octanol–water partition coefficient (Wildman–Crippen LogP) is 13.4.